The molecule has 5 heteroatoms. The Labute approximate surface area is 117 Å². The maximum Gasteiger partial charge on any atom is 0.225 e. The van der Waals surface area contributed by atoms with Gasteiger partial charge in [-0.05, 0) is 28.3 Å². The molecule has 4 nitrogen and oxygen atoms in total. The molecule has 2 heterocycles. The molecule has 0 bridgehead atoms. The number of hydrogen-bond donors (Lipinski definition) is 1. The summed E-state index contributed by atoms with van der Waals surface area (Å²) in [5.41, 5.74) is 1.06. The Morgan fingerprint density at radius 3 is 2.84 bits per heavy atom. The molecule has 0 saturated heterocycles. The van der Waals surface area contributed by atoms with Gasteiger partial charge in [-0.1, -0.05) is 13.8 Å². The Balaban J connectivity index is 2.05. The number of imidazole rings is 1. The van der Waals surface area contributed by atoms with Gasteiger partial charge in [0.15, 0.2) is 0 Å². The van der Waals surface area contributed by atoms with Gasteiger partial charge in [0.05, 0.1) is 12.5 Å². The highest BCUT2D eigenvalue weighted by Crippen LogP contribution is 2.19. The molecule has 0 aromatic carbocycles. The van der Waals surface area contributed by atoms with Gasteiger partial charge in [0.1, 0.15) is 5.82 Å². The van der Waals surface area contributed by atoms with Crippen molar-refractivity contribution in [3.05, 3.63) is 40.6 Å². The van der Waals surface area contributed by atoms with E-state index in [1.807, 2.05) is 34.6 Å². The molecule has 0 fully saturated rings. The maximum atomic E-state index is 12.1. The molecule has 1 N–H and O–H groups in total. The lowest BCUT2D eigenvalue weighted by molar-refractivity contribution is -0.121. The van der Waals surface area contributed by atoms with Crippen LogP contribution < -0.4 is 5.32 Å². The lowest BCUT2D eigenvalue weighted by atomic mass is 10.0. The minimum absolute atomic E-state index is 0.0418. The van der Waals surface area contributed by atoms with Crippen LogP contribution in [-0.4, -0.2) is 15.5 Å². The van der Waals surface area contributed by atoms with Crippen LogP contribution in [0.3, 0.4) is 0 Å². The summed E-state index contributed by atoms with van der Waals surface area (Å²) in [6, 6.07) is 1.93. The summed E-state index contributed by atoms with van der Waals surface area (Å²) < 4.78 is 1.95. The number of aromatic nitrogens is 2. The van der Waals surface area contributed by atoms with Crippen LogP contribution in [0, 0.1) is 5.92 Å². The summed E-state index contributed by atoms with van der Waals surface area (Å²) in [6.45, 7) is 4.18. The molecule has 2 aromatic rings. The average molecular weight is 277 g/mol. The highest BCUT2D eigenvalue weighted by molar-refractivity contribution is 7.07. The first-order valence-corrected chi connectivity index (χ1v) is 7.30. The summed E-state index contributed by atoms with van der Waals surface area (Å²) in [6.07, 6.45) is 4.09. The Kier molecular flexibility index (Phi) is 4.37. The Morgan fingerprint density at radius 1 is 1.53 bits per heavy atom. The molecule has 102 valence electrons. The molecule has 0 saturated carbocycles. The normalized spacial score (nSPS) is 12.6. The van der Waals surface area contributed by atoms with Crippen LogP contribution in [0.5, 0.6) is 0 Å². The van der Waals surface area contributed by atoms with E-state index in [9.17, 15) is 4.79 Å². The van der Waals surface area contributed by atoms with Crippen LogP contribution in [0.15, 0.2) is 29.2 Å². The largest absolute Gasteiger partial charge is 0.346 e. The maximum absolute atomic E-state index is 12.1. The van der Waals surface area contributed by atoms with E-state index >= 15 is 0 Å². The number of aryl methyl sites for hydroxylation is 1. The van der Waals surface area contributed by atoms with E-state index in [0.29, 0.717) is 12.3 Å². The smallest absolute Gasteiger partial charge is 0.225 e. The SMILES string of the molecule is CC(C)[C@H](NC(=O)Cc1ccsc1)c1nccn1C. The molecule has 2 aromatic heterocycles. The standard InChI is InChI=1S/C14H19N3OS/c1-10(2)13(14-15-5-6-17(14)3)16-12(18)8-11-4-7-19-9-11/h4-7,9-10,13H,8H2,1-3H3,(H,16,18)/t13-/m0/s1. The van der Waals surface area contributed by atoms with Crippen molar-refractivity contribution in [2.24, 2.45) is 13.0 Å². The van der Waals surface area contributed by atoms with Crippen LogP contribution in [0.25, 0.3) is 0 Å². The molecule has 1 amide bonds. The van der Waals surface area contributed by atoms with E-state index < -0.39 is 0 Å². The number of thiophene rings is 1. The molecule has 0 unspecified atom stereocenters. The van der Waals surface area contributed by atoms with Gasteiger partial charge in [-0.25, -0.2) is 4.98 Å². The molecule has 0 radical (unpaired) electrons. The first-order valence-electron chi connectivity index (χ1n) is 6.35. The topological polar surface area (TPSA) is 46.9 Å². The van der Waals surface area contributed by atoms with Gasteiger partial charge in [-0.2, -0.15) is 11.3 Å². The van der Waals surface area contributed by atoms with Gasteiger partial charge in [0.25, 0.3) is 0 Å². The van der Waals surface area contributed by atoms with Gasteiger partial charge < -0.3 is 9.88 Å². The fourth-order valence-corrected chi connectivity index (χ4v) is 2.68. The molecular formula is C14H19N3OS. The zero-order valence-corrected chi connectivity index (χ0v) is 12.3. The lowest BCUT2D eigenvalue weighted by Crippen LogP contribution is -2.34. The van der Waals surface area contributed by atoms with Crippen molar-refractivity contribution < 1.29 is 4.79 Å². The second-order valence-electron chi connectivity index (χ2n) is 4.99. The predicted octanol–water partition coefficient (Wildman–Crippen LogP) is 2.54. The number of nitrogens with one attached hydrogen (secondary N) is 1. The average Bonchev–Trinajstić information content (AvgIpc) is 2.97. The van der Waals surface area contributed by atoms with Crippen LogP contribution in [-0.2, 0) is 18.3 Å². The molecule has 1 atom stereocenters. The molecule has 19 heavy (non-hydrogen) atoms. The van der Waals surface area contributed by atoms with Crippen molar-refractivity contribution in [3.63, 3.8) is 0 Å². The van der Waals surface area contributed by atoms with E-state index in [1.165, 1.54) is 0 Å². The molecule has 0 spiro atoms. The third-order valence-electron chi connectivity index (χ3n) is 3.06. The van der Waals surface area contributed by atoms with E-state index in [4.69, 9.17) is 0 Å². The van der Waals surface area contributed by atoms with Gasteiger partial charge in [-0.3, -0.25) is 4.79 Å². The third-order valence-corrected chi connectivity index (χ3v) is 3.80. The van der Waals surface area contributed by atoms with Crippen LogP contribution in [0.4, 0.5) is 0 Å². The molecule has 0 aliphatic carbocycles. The number of nitrogens with zero attached hydrogens (tertiary/aromatic N) is 2. The second kappa shape index (κ2) is 6.02. The number of rotatable bonds is 5. The van der Waals surface area contributed by atoms with Crippen molar-refractivity contribution >= 4 is 17.2 Å². The minimum atomic E-state index is -0.0499. The Hall–Kier alpha value is -1.62. The number of carbonyl (C=O) groups excluding carboxylic acids is 1. The van der Waals surface area contributed by atoms with Crippen LogP contribution in [0.2, 0.25) is 0 Å². The summed E-state index contributed by atoms with van der Waals surface area (Å²) in [5.74, 6) is 1.24. The summed E-state index contributed by atoms with van der Waals surface area (Å²) in [5, 5.41) is 7.07. The van der Waals surface area contributed by atoms with Crippen molar-refractivity contribution in [1.82, 2.24) is 14.9 Å². The van der Waals surface area contributed by atoms with Gasteiger partial charge >= 0.3 is 0 Å². The highest BCUT2D eigenvalue weighted by atomic mass is 32.1. The minimum Gasteiger partial charge on any atom is -0.346 e. The number of amides is 1. The lowest BCUT2D eigenvalue weighted by Gasteiger charge is -2.22. The van der Waals surface area contributed by atoms with Crippen molar-refractivity contribution in [3.8, 4) is 0 Å². The third kappa shape index (κ3) is 3.44. The molecule has 0 aliphatic rings. The summed E-state index contributed by atoms with van der Waals surface area (Å²) >= 11 is 1.61. The van der Waals surface area contributed by atoms with Gasteiger partial charge in [0, 0.05) is 19.4 Å². The fraction of sp³-hybridized carbons (Fsp3) is 0.429. The highest BCUT2D eigenvalue weighted by Gasteiger charge is 2.21. The van der Waals surface area contributed by atoms with E-state index in [-0.39, 0.29) is 11.9 Å². The van der Waals surface area contributed by atoms with E-state index in [1.54, 1.807) is 17.5 Å². The van der Waals surface area contributed by atoms with Gasteiger partial charge in [0.2, 0.25) is 5.91 Å². The first-order chi connectivity index (χ1) is 9.08. The summed E-state index contributed by atoms with van der Waals surface area (Å²) in [7, 11) is 1.95. The second-order valence-corrected chi connectivity index (χ2v) is 5.77. The van der Waals surface area contributed by atoms with Crippen molar-refractivity contribution in [1.29, 1.82) is 0 Å². The quantitative estimate of drug-likeness (QED) is 0.913. The van der Waals surface area contributed by atoms with Gasteiger partial charge in [-0.15, -0.1) is 0 Å². The Bertz CT molecular complexity index is 531. The van der Waals surface area contributed by atoms with Crippen LogP contribution in [0.1, 0.15) is 31.3 Å². The van der Waals surface area contributed by atoms with Crippen LogP contribution >= 0.6 is 11.3 Å². The van der Waals surface area contributed by atoms with E-state index in [2.05, 4.69) is 24.1 Å². The Morgan fingerprint density at radius 2 is 2.32 bits per heavy atom. The zero-order chi connectivity index (χ0) is 13.8. The monoisotopic (exact) mass is 277 g/mol. The predicted molar refractivity (Wildman–Crippen MR) is 77.0 cm³/mol. The number of hydrogen-bond acceptors (Lipinski definition) is 3. The first kappa shape index (κ1) is 13.8. The summed E-state index contributed by atoms with van der Waals surface area (Å²) in [4.78, 5) is 16.4. The fourth-order valence-electron chi connectivity index (χ4n) is 2.01. The van der Waals surface area contributed by atoms with Crippen molar-refractivity contribution in [2.75, 3.05) is 0 Å². The number of carbonyl (C=O) groups is 1. The van der Waals surface area contributed by atoms with Crippen molar-refractivity contribution in [2.45, 2.75) is 26.3 Å². The zero-order valence-electron chi connectivity index (χ0n) is 11.5. The molecule has 0 aliphatic heterocycles. The molecular weight excluding hydrogens is 258 g/mol. The molecule has 2 rings (SSSR count). The van der Waals surface area contributed by atoms with E-state index in [0.717, 1.165) is 11.4 Å².